The van der Waals surface area contributed by atoms with Gasteiger partial charge in [-0.3, -0.25) is 0 Å². The third kappa shape index (κ3) is 4.08. The van der Waals surface area contributed by atoms with Gasteiger partial charge in [-0.15, -0.1) is 0 Å². The van der Waals surface area contributed by atoms with Crippen molar-refractivity contribution < 1.29 is 0 Å². The number of hydrogen-bond acceptors (Lipinski definition) is 0. The molecule has 0 spiro atoms. The smallest absolute Gasteiger partial charge is 0.0241 e. The van der Waals surface area contributed by atoms with Crippen molar-refractivity contribution in [2.45, 2.75) is 25.7 Å². The summed E-state index contributed by atoms with van der Waals surface area (Å²) in [7, 11) is 0. The maximum absolute atomic E-state index is 2.24. The number of rotatable bonds is 6. The standard InChI is InChI=1S/C22H22/c1-3-9-19(10-4-1)15-17-22(21-13-7-8-14-21)18-16-20-11-5-2-6-12-20/h1-14H,15-18H2. The van der Waals surface area contributed by atoms with Crippen LogP contribution >= 0.6 is 0 Å². The highest BCUT2D eigenvalue weighted by Crippen LogP contribution is 2.23. The predicted octanol–water partition coefficient (Wildman–Crippen LogP) is 5.67. The summed E-state index contributed by atoms with van der Waals surface area (Å²) < 4.78 is 0. The fourth-order valence-corrected chi connectivity index (χ4v) is 2.90. The Hall–Kier alpha value is -2.34. The van der Waals surface area contributed by atoms with Crippen LogP contribution in [0.1, 0.15) is 24.0 Å². The molecule has 0 radical (unpaired) electrons. The number of aryl methyl sites for hydroxylation is 2. The van der Waals surface area contributed by atoms with Crippen molar-refractivity contribution in [1.29, 1.82) is 0 Å². The van der Waals surface area contributed by atoms with E-state index in [1.165, 1.54) is 16.7 Å². The molecule has 22 heavy (non-hydrogen) atoms. The van der Waals surface area contributed by atoms with Gasteiger partial charge in [0.1, 0.15) is 0 Å². The van der Waals surface area contributed by atoms with Gasteiger partial charge in [0.2, 0.25) is 0 Å². The second-order valence-corrected chi connectivity index (χ2v) is 5.75. The highest BCUT2D eigenvalue weighted by atomic mass is 14.1. The molecule has 0 nitrogen and oxygen atoms in total. The molecular formula is C22H22. The Balaban J connectivity index is 1.67. The molecule has 0 heterocycles. The van der Waals surface area contributed by atoms with Gasteiger partial charge in [0.05, 0.1) is 0 Å². The van der Waals surface area contributed by atoms with Crippen LogP contribution in [0.5, 0.6) is 0 Å². The van der Waals surface area contributed by atoms with Gasteiger partial charge in [-0.05, 0) is 42.4 Å². The Morgan fingerprint density at radius 3 is 1.50 bits per heavy atom. The number of allylic oxidation sites excluding steroid dienone is 6. The van der Waals surface area contributed by atoms with E-state index in [0.717, 1.165) is 25.7 Å². The highest BCUT2D eigenvalue weighted by molar-refractivity contribution is 5.44. The maximum atomic E-state index is 2.24. The van der Waals surface area contributed by atoms with Gasteiger partial charge < -0.3 is 0 Å². The number of benzene rings is 2. The van der Waals surface area contributed by atoms with Crippen LogP contribution in [-0.4, -0.2) is 0 Å². The summed E-state index contributed by atoms with van der Waals surface area (Å²) in [4.78, 5) is 0. The summed E-state index contributed by atoms with van der Waals surface area (Å²) in [6, 6.07) is 21.6. The van der Waals surface area contributed by atoms with Crippen LogP contribution < -0.4 is 0 Å². The minimum Gasteiger partial charge on any atom is -0.0623 e. The highest BCUT2D eigenvalue weighted by Gasteiger charge is 2.06. The minimum absolute atomic E-state index is 1.12. The topological polar surface area (TPSA) is 0 Å². The second kappa shape index (κ2) is 7.61. The van der Waals surface area contributed by atoms with Crippen LogP contribution in [0, 0.1) is 0 Å². The quantitative estimate of drug-likeness (QED) is 0.641. The SMILES string of the molecule is C1=CC(=C(CCc2ccccc2)CCc2ccccc2)C=C1. The van der Waals surface area contributed by atoms with Gasteiger partial charge in [-0.25, -0.2) is 0 Å². The fraction of sp³-hybridized carbons (Fsp3) is 0.182. The van der Waals surface area contributed by atoms with Crippen LogP contribution in [0.4, 0.5) is 0 Å². The van der Waals surface area contributed by atoms with Gasteiger partial charge in [-0.2, -0.15) is 0 Å². The van der Waals surface area contributed by atoms with Crippen molar-refractivity contribution in [2.75, 3.05) is 0 Å². The molecule has 0 unspecified atom stereocenters. The van der Waals surface area contributed by atoms with E-state index in [9.17, 15) is 0 Å². The Bertz CT molecular complexity index is 613. The summed E-state index contributed by atoms with van der Waals surface area (Å²) in [6.45, 7) is 0. The first-order valence-electron chi connectivity index (χ1n) is 8.06. The van der Waals surface area contributed by atoms with Crippen LogP contribution in [0.3, 0.4) is 0 Å². The molecule has 0 atom stereocenters. The van der Waals surface area contributed by atoms with Crippen molar-refractivity contribution in [2.24, 2.45) is 0 Å². The van der Waals surface area contributed by atoms with Crippen LogP contribution in [0.2, 0.25) is 0 Å². The van der Waals surface area contributed by atoms with Crippen molar-refractivity contribution in [3.05, 3.63) is 107 Å². The average Bonchev–Trinajstić information content (AvgIpc) is 3.11. The first-order valence-corrected chi connectivity index (χ1v) is 8.06. The largest absolute Gasteiger partial charge is 0.0623 e. The average molecular weight is 286 g/mol. The van der Waals surface area contributed by atoms with E-state index in [0.29, 0.717) is 0 Å². The fourth-order valence-electron chi connectivity index (χ4n) is 2.90. The molecule has 1 aliphatic carbocycles. The van der Waals surface area contributed by atoms with Crippen molar-refractivity contribution >= 4 is 0 Å². The van der Waals surface area contributed by atoms with E-state index in [2.05, 4.69) is 85.0 Å². The zero-order valence-electron chi connectivity index (χ0n) is 12.9. The zero-order chi connectivity index (χ0) is 15.0. The van der Waals surface area contributed by atoms with Gasteiger partial charge >= 0.3 is 0 Å². The normalized spacial score (nSPS) is 12.8. The molecule has 2 aromatic carbocycles. The molecule has 0 amide bonds. The first-order chi connectivity index (χ1) is 10.9. The van der Waals surface area contributed by atoms with Crippen LogP contribution in [-0.2, 0) is 12.8 Å². The Morgan fingerprint density at radius 2 is 1.05 bits per heavy atom. The molecule has 2 aromatic rings. The third-order valence-electron chi connectivity index (χ3n) is 4.19. The Kier molecular flexibility index (Phi) is 5.04. The van der Waals surface area contributed by atoms with E-state index in [-0.39, 0.29) is 0 Å². The maximum Gasteiger partial charge on any atom is -0.0241 e. The lowest BCUT2D eigenvalue weighted by molar-refractivity contribution is 0.829. The molecule has 0 aliphatic heterocycles. The molecule has 0 saturated carbocycles. The molecule has 1 aliphatic rings. The molecule has 0 fully saturated rings. The third-order valence-corrected chi connectivity index (χ3v) is 4.19. The Labute approximate surface area is 133 Å². The van der Waals surface area contributed by atoms with Gasteiger partial charge in [0.25, 0.3) is 0 Å². The Morgan fingerprint density at radius 1 is 0.591 bits per heavy atom. The van der Waals surface area contributed by atoms with E-state index < -0.39 is 0 Å². The molecule has 110 valence electrons. The molecule has 3 rings (SSSR count). The summed E-state index contributed by atoms with van der Waals surface area (Å²) in [5, 5.41) is 0. The van der Waals surface area contributed by atoms with Gasteiger partial charge in [0, 0.05) is 0 Å². The molecule has 0 saturated heterocycles. The second-order valence-electron chi connectivity index (χ2n) is 5.75. The summed E-state index contributed by atoms with van der Waals surface area (Å²) in [5.41, 5.74) is 5.82. The molecule has 0 N–H and O–H groups in total. The van der Waals surface area contributed by atoms with Crippen molar-refractivity contribution in [1.82, 2.24) is 0 Å². The zero-order valence-corrected chi connectivity index (χ0v) is 12.9. The van der Waals surface area contributed by atoms with E-state index >= 15 is 0 Å². The summed E-state index contributed by atoms with van der Waals surface area (Å²) >= 11 is 0. The molecule has 0 heteroatoms. The lowest BCUT2D eigenvalue weighted by atomic mass is 9.95. The molecule has 0 aromatic heterocycles. The lowest BCUT2D eigenvalue weighted by Crippen LogP contribution is -1.95. The van der Waals surface area contributed by atoms with Crippen LogP contribution in [0.15, 0.2) is 96.1 Å². The molecular weight excluding hydrogens is 264 g/mol. The van der Waals surface area contributed by atoms with Gasteiger partial charge in [-0.1, -0.05) is 90.5 Å². The van der Waals surface area contributed by atoms with Gasteiger partial charge in [0.15, 0.2) is 0 Å². The first kappa shape index (κ1) is 14.6. The van der Waals surface area contributed by atoms with Crippen molar-refractivity contribution in [3.8, 4) is 0 Å². The lowest BCUT2D eigenvalue weighted by Gasteiger charge is -2.11. The van der Waals surface area contributed by atoms with E-state index in [4.69, 9.17) is 0 Å². The summed E-state index contributed by atoms with van der Waals surface area (Å²) in [6.07, 6.45) is 13.3. The predicted molar refractivity (Wildman–Crippen MR) is 94.8 cm³/mol. The molecule has 0 bridgehead atoms. The van der Waals surface area contributed by atoms with Crippen molar-refractivity contribution in [3.63, 3.8) is 0 Å². The van der Waals surface area contributed by atoms with E-state index in [1.807, 2.05) is 0 Å². The van der Waals surface area contributed by atoms with Crippen LogP contribution in [0.25, 0.3) is 0 Å². The number of hydrogen-bond donors (Lipinski definition) is 0. The van der Waals surface area contributed by atoms with E-state index in [1.54, 1.807) is 5.57 Å². The monoisotopic (exact) mass is 286 g/mol. The minimum atomic E-state index is 1.12. The summed E-state index contributed by atoms with van der Waals surface area (Å²) in [5.74, 6) is 0.